The zero-order valence-corrected chi connectivity index (χ0v) is 9.74. The minimum absolute atomic E-state index is 0.171. The van der Waals surface area contributed by atoms with Crippen molar-refractivity contribution in [3.05, 3.63) is 35.4 Å². The molecule has 3 heterocycles. The molecule has 0 atom stereocenters. The van der Waals surface area contributed by atoms with Crippen LogP contribution in [0.25, 0.3) is 0 Å². The van der Waals surface area contributed by atoms with Crippen LogP contribution in [0.15, 0.2) is 6.20 Å². The van der Waals surface area contributed by atoms with Crippen LogP contribution < -0.4 is 4.90 Å². The molecular weight excluding hydrogens is 282 g/mol. The van der Waals surface area contributed by atoms with Gasteiger partial charge in [0.25, 0.3) is 11.9 Å². The summed E-state index contributed by atoms with van der Waals surface area (Å²) in [6, 6.07) is 0. The molecule has 20 heavy (non-hydrogen) atoms. The third-order valence-electron chi connectivity index (χ3n) is 3.09. The highest BCUT2D eigenvalue weighted by molar-refractivity contribution is 5.53. The van der Waals surface area contributed by atoms with Crippen molar-refractivity contribution in [2.24, 2.45) is 0 Å². The minimum Gasteiger partial charge on any atom is -0.380 e. The number of nitrogens with one attached hydrogen (secondary N) is 1. The number of anilines is 1. The van der Waals surface area contributed by atoms with Crippen LogP contribution in [0.5, 0.6) is 0 Å². The van der Waals surface area contributed by atoms with Crippen LogP contribution >= 0.6 is 0 Å². The van der Waals surface area contributed by atoms with E-state index in [2.05, 4.69) is 20.4 Å². The van der Waals surface area contributed by atoms with E-state index in [1.165, 1.54) is 6.20 Å². The molecule has 1 aliphatic heterocycles. The second-order valence-corrected chi connectivity index (χ2v) is 4.41. The standard InChI is InChI=1S/C10H7F4N5O/c11-5-7(6(12)9(14)16-8(5)13)19-2-10(20,3-19)4-1-15-18-17-4/h1,20H,2-3H2,(H,15,17,18). The second-order valence-electron chi connectivity index (χ2n) is 4.41. The first-order valence-corrected chi connectivity index (χ1v) is 5.46. The first-order chi connectivity index (χ1) is 9.42. The van der Waals surface area contributed by atoms with E-state index in [1.54, 1.807) is 0 Å². The first-order valence-electron chi connectivity index (χ1n) is 5.46. The molecule has 0 radical (unpaired) electrons. The summed E-state index contributed by atoms with van der Waals surface area (Å²) in [4.78, 5) is 3.41. The van der Waals surface area contributed by atoms with Gasteiger partial charge in [-0.05, 0) is 0 Å². The van der Waals surface area contributed by atoms with E-state index < -0.39 is 34.8 Å². The molecule has 106 valence electrons. The average molecular weight is 289 g/mol. The van der Waals surface area contributed by atoms with Gasteiger partial charge in [0.15, 0.2) is 0 Å². The van der Waals surface area contributed by atoms with Crippen molar-refractivity contribution in [3.8, 4) is 0 Å². The maximum Gasteiger partial charge on any atom is 0.253 e. The van der Waals surface area contributed by atoms with Crippen molar-refractivity contribution in [3.63, 3.8) is 0 Å². The molecule has 1 fully saturated rings. The monoisotopic (exact) mass is 289 g/mol. The second kappa shape index (κ2) is 4.13. The number of hydrogen-bond acceptors (Lipinski definition) is 5. The van der Waals surface area contributed by atoms with Crippen molar-refractivity contribution in [2.75, 3.05) is 18.0 Å². The van der Waals surface area contributed by atoms with Crippen LogP contribution in [-0.4, -0.2) is 38.6 Å². The number of H-pyrrole nitrogens is 1. The molecule has 10 heteroatoms. The van der Waals surface area contributed by atoms with Crippen LogP contribution in [0.1, 0.15) is 5.69 Å². The van der Waals surface area contributed by atoms with Gasteiger partial charge in [0.1, 0.15) is 17.0 Å². The zero-order valence-electron chi connectivity index (χ0n) is 9.74. The molecule has 2 N–H and O–H groups in total. The summed E-state index contributed by atoms with van der Waals surface area (Å²) in [5, 5.41) is 19.5. The third-order valence-corrected chi connectivity index (χ3v) is 3.09. The number of nitrogens with zero attached hydrogens (tertiary/aromatic N) is 4. The lowest BCUT2D eigenvalue weighted by Crippen LogP contribution is -2.60. The molecule has 0 saturated carbocycles. The fraction of sp³-hybridized carbons (Fsp3) is 0.300. The van der Waals surface area contributed by atoms with E-state index in [-0.39, 0.29) is 18.8 Å². The molecule has 0 bridgehead atoms. The molecule has 0 spiro atoms. The fourth-order valence-corrected chi connectivity index (χ4v) is 2.08. The van der Waals surface area contributed by atoms with Gasteiger partial charge in [0, 0.05) is 0 Å². The SMILES string of the molecule is OC1(c2cn[nH]n2)CN(c2c(F)c(F)nc(F)c2F)C1. The summed E-state index contributed by atoms with van der Waals surface area (Å²) in [5.41, 5.74) is -2.21. The highest BCUT2D eigenvalue weighted by atomic mass is 19.2. The van der Waals surface area contributed by atoms with Crippen LogP contribution in [-0.2, 0) is 5.60 Å². The number of rotatable bonds is 2. The number of hydrogen-bond donors (Lipinski definition) is 2. The van der Waals surface area contributed by atoms with Crippen molar-refractivity contribution in [2.45, 2.75) is 5.60 Å². The lowest BCUT2D eigenvalue weighted by molar-refractivity contribution is 0.00237. The van der Waals surface area contributed by atoms with Crippen molar-refractivity contribution in [1.29, 1.82) is 0 Å². The summed E-state index contributed by atoms with van der Waals surface area (Å²) in [7, 11) is 0. The Kier molecular flexibility index (Phi) is 2.64. The van der Waals surface area contributed by atoms with Gasteiger partial charge < -0.3 is 10.0 Å². The fourth-order valence-electron chi connectivity index (χ4n) is 2.08. The topological polar surface area (TPSA) is 77.9 Å². The summed E-state index contributed by atoms with van der Waals surface area (Å²) in [6.07, 6.45) is 1.25. The Labute approximate surface area is 109 Å². The quantitative estimate of drug-likeness (QED) is 0.620. The van der Waals surface area contributed by atoms with E-state index in [0.717, 1.165) is 4.90 Å². The summed E-state index contributed by atoms with van der Waals surface area (Å²) in [6.45, 7) is -0.563. The Balaban J connectivity index is 1.91. The van der Waals surface area contributed by atoms with Crippen molar-refractivity contribution in [1.82, 2.24) is 20.4 Å². The lowest BCUT2D eigenvalue weighted by atomic mass is 9.90. The number of β-amino-alcohol motifs (C(OH)–C–C–N with tert-alkyl or cyclic N) is 1. The summed E-state index contributed by atoms with van der Waals surface area (Å²) >= 11 is 0. The maximum absolute atomic E-state index is 13.5. The zero-order chi connectivity index (χ0) is 14.5. The Morgan fingerprint density at radius 2 is 1.75 bits per heavy atom. The van der Waals surface area contributed by atoms with Gasteiger partial charge in [-0.2, -0.15) is 38.0 Å². The van der Waals surface area contributed by atoms with Crippen molar-refractivity contribution < 1.29 is 22.7 Å². The Hall–Kier alpha value is -2.23. The smallest absolute Gasteiger partial charge is 0.253 e. The summed E-state index contributed by atoms with van der Waals surface area (Å²) < 4.78 is 53.0. The third kappa shape index (κ3) is 1.72. The van der Waals surface area contributed by atoms with E-state index >= 15 is 0 Å². The Morgan fingerprint density at radius 1 is 1.15 bits per heavy atom. The number of halogens is 4. The average Bonchev–Trinajstić information content (AvgIpc) is 2.88. The van der Waals surface area contributed by atoms with E-state index in [0.29, 0.717) is 0 Å². The van der Waals surface area contributed by atoms with Gasteiger partial charge in [-0.3, -0.25) is 0 Å². The molecular formula is C10H7F4N5O. The number of aromatic amines is 1. The van der Waals surface area contributed by atoms with Crippen LogP contribution in [0.3, 0.4) is 0 Å². The normalized spacial score (nSPS) is 17.1. The molecule has 0 amide bonds. The Morgan fingerprint density at radius 3 is 2.25 bits per heavy atom. The molecule has 1 saturated heterocycles. The minimum atomic E-state index is -1.74. The van der Waals surface area contributed by atoms with Gasteiger partial charge in [0.05, 0.1) is 19.3 Å². The maximum atomic E-state index is 13.5. The molecule has 3 rings (SSSR count). The first kappa shape index (κ1) is 12.8. The highest BCUT2D eigenvalue weighted by Crippen LogP contribution is 2.37. The van der Waals surface area contributed by atoms with Crippen molar-refractivity contribution >= 4 is 5.69 Å². The molecule has 0 aromatic carbocycles. The van der Waals surface area contributed by atoms with Gasteiger partial charge in [-0.25, -0.2) is 0 Å². The number of pyridine rings is 1. The highest BCUT2D eigenvalue weighted by Gasteiger charge is 2.47. The van der Waals surface area contributed by atoms with Gasteiger partial charge in [-0.1, -0.05) is 0 Å². The van der Waals surface area contributed by atoms with Crippen LogP contribution in [0, 0.1) is 23.5 Å². The Bertz CT molecular complexity index is 630. The number of aromatic nitrogens is 4. The van der Waals surface area contributed by atoms with E-state index in [1.807, 2.05) is 0 Å². The molecule has 2 aromatic heterocycles. The molecule has 2 aromatic rings. The molecule has 0 aliphatic carbocycles. The van der Waals surface area contributed by atoms with E-state index in [4.69, 9.17) is 0 Å². The van der Waals surface area contributed by atoms with Crippen LogP contribution in [0.2, 0.25) is 0 Å². The molecule has 6 nitrogen and oxygen atoms in total. The molecule has 1 aliphatic rings. The number of aliphatic hydroxyl groups is 1. The summed E-state index contributed by atoms with van der Waals surface area (Å²) in [5.74, 6) is -6.69. The largest absolute Gasteiger partial charge is 0.380 e. The van der Waals surface area contributed by atoms with Crippen LogP contribution in [0.4, 0.5) is 23.2 Å². The van der Waals surface area contributed by atoms with Gasteiger partial charge >= 0.3 is 0 Å². The predicted molar refractivity (Wildman–Crippen MR) is 56.6 cm³/mol. The predicted octanol–water partition coefficient (Wildman–Crippen LogP) is 0.464. The van der Waals surface area contributed by atoms with Gasteiger partial charge in [0.2, 0.25) is 11.6 Å². The van der Waals surface area contributed by atoms with Gasteiger partial charge in [-0.15, -0.1) is 0 Å². The molecule has 0 unspecified atom stereocenters. The van der Waals surface area contributed by atoms with E-state index in [9.17, 15) is 22.7 Å². The lowest BCUT2D eigenvalue weighted by Gasteiger charge is -2.46.